The Morgan fingerprint density at radius 2 is 1.83 bits per heavy atom. The van der Waals surface area contributed by atoms with E-state index in [0.29, 0.717) is 22.2 Å². The van der Waals surface area contributed by atoms with Gasteiger partial charge in [-0.2, -0.15) is 0 Å². The molecule has 5 rings (SSSR count). The van der Waals surface area contributed by atoms with E-state index >= 15 is 0 Å². The minimum atomic E-state index is -1.47. The van der Waals surface area contributed by atoms with Crippen molar-refractivity contribution < 1.29 is 27.3 Å². The molecule has 0 aliphatic carbocycles. The number of hydrogen-bond acceptors (Lipinski definition) is 5. The van der Waals surface area contributed by atoms with Gasteiger partial charge < -0.3 is 24.2 Å². The second kappa shape index (κ2) is 8.63. The number of likely N-dealkylation sites (N-methyl/N-ethyl adjacent to an activating group) is 1. The number of nitrogens with one attached hydrogen (secondary N) is 3. The summed E-state index contributed by atoms with van der Waals surface area (Å²) in [7, 11) is 1.51. The summed E-state index contributed by atoms with van der Waals surface area (Å²) in [5, 5.41) is 0.608. The first-order valence-electron chi connectivity index (χ1n) is 10.4. The van der Waals surface area contributed by atoms with Crippen LogP contribution >= 0.6 is 0 Å². The Balaban J connectivity index is 1.58. The van der Waals surface area contributed by atoms with Crippen LogP contribution in [0, 0.1) is 17.5 Å². The molecule has 1 amide bonds. The predicted octanol–water partition coefficient (Wildman–Crippen LogP) is 3.48. The zero-order chi connectivity index (χ0) is 25.0. The van der Waals surface area contributed by atoms with E-state index in [4.69, 9.17) is 4.74 Å². The number of nitrogens with zero attached hydrogens (tertiary/aromatic N) is 1. The third-order valence-corrected chi connectivity index (χ3v) is 6.52. The molecule has 0 radical (unpaired) electrons. The molecule has 0 fully saturated rings. The number of amides is 1. The molecule has 12 heteroatoms. The van der Waals surface area contributed by atoms with Crippen molar-refractivity contribution in [2.75, 3.05) is 24.6 Å². The number of carbonyl (C=O) groups is 1. The molecule has 3 N–H and O–H groups in total. The normalized spacial score (nSPS) is 16.3. The van der Waals surface area contributed by atoms with Gasteiger partial charge in [-0.15, -0.1) is 0 Å². The van der Waals surface area contributed by atoms with Gasteiger partial charge in [0.15, 0.2) is 11.6 Å². The van der Waals surface area contributed by atoms with Gasteiger partial charge in [-0.05, 0) is 29.7 Å². The van der Waals surface area contributed by atoms with E-state index < -0.39 is 46.3 Å². The summed E-state index contributed by atoms with van der Waals surface area (Å²) in [6.45, 7) is 0.0821. The van der Waals surface area contributed by atoms with E-state index in [9.17, 15) is 27.3 Å². The topological polar surface area (TPSA) is 113 Å². The third kappa shape index (κ3) is 4.03. The molecule has 8 nitrogen and oxygen atoms in total. The molecule has 0 spiro atoms. The highest BCUT2D eigenvalue weighted by molar-refractivity contribution is 7.92. The Bertz CT molecular complexity index is 1550. The van der Waals surface area contributed by atoms with Crippen LogP contribution < -0.4 is 10.3 Å². The Labute approximate surface area is 199 Å². The van der Waals surface area contributed by atoms with Gasteiger partial charge in [0.2, 0.25) is 0 Å². The zero-order valence-electron chi connectivity index (χ0n) is 18.5. The van der Waals surface area contributed by atoms with Crippen molar-refractivity contribution in [1.82, 2.24) is 14.9 Å². The molecule has 0 saturated heterocycles. The quantitative estimate of drug-likeness (QED) is 0.369. The number of benzene rings is 2. The average molecular weight is 504 g/mol. The van der Waals surface area contributed by atoms with E-state index in [1.54, 1.807) is 0 Å². The average Bonchev–Trinajstić information content (AvgIpc) is 3.23. The molecule has 1 unspecified atom stereocenters. The van der Waals surface area contributed by atoms with Gasteiger partial charge in [-0.3, -0.25) is 9.59 Å². The lowest BCUT2D eigenvalue weighted by molar-refractivity contribution is 0.0333. The van der Waals surface area contributed by atoms with Crippen molar-refractivity contribution in [3.05, 3.63) is 75.1 Å². The number of halogens is 3. The molecule has 35 heavy (non-hydrogen) atoms. The summed E-state index contributed by atoms with van der Waals surface area (Å²) in [4.78, 5) is 32.7. The second-order valence-corrected chi connectivity index (χ2v) is 9.37. The Morgan fingerprint density at radius 3 is 2.54 bits per heavy atom. The molecule has 2 atom stereocenters. The molecule has 182 valence electrons. The second-order valence-electron chi connectivity index (χ2n) is 8.26. The number of carbonyl (C=O) groups excluding carboxylic acids is 1. The van der Waals surface area contributed by atoms with Crippen LogP contribution in [0.5, 0.6) is 0 Å². The van der Waals surface area contributed by atoms with Crippen LogP contribution in [0.25, 0.3) is 21.7 Å². The smallest absolute Gasteiger partial charge is 0.270 e. The summed E-state index contributed by atoms with van der Waals surface area (Å²) >= 11 is -1.47. The zero-order valence-corrected chi connectivity index (χ0v) is 19.3. The minimum absolute atomic E-state index is 0.0346. The number of H-pyrrole nitrogens is 2. The Hall–Kier alpha value is -3.48. The van der Waals surface area contributed by atoms with Crippen LogP contribution in [0.1, 0.15) is 27.8 Å². The first-order valence-corrected chi connectivity index (χ1v) is 12.0. The fourth-order valence-electron chi connectivity index (χ4n) is 4.44. The van der Waals surface area contributed by atoms with Gasteiger partial charge in [0.25, 0.3) is 11.5 Å². The van der Waals surface area contributed by atoms with Crippen LogP contribution in [0.15, 0.2) is 35.1 Å². The van der Waals surface area contributed by atoms with Crippen LogP contribution in [-0.2, 0) is 22.7 Å². The molecule has 4 aromatic rings. The molecule has 1 aliphatic heterocycles. The van der Waals surface area contributed by atoms with Crippen molar-refractivity contribution >= 4 is 44.6 Å². The first-order chi connectivity index (χ1) is 16.6. The Morgan fingerprint density at radius 1 is 1.11 bits per heavy atom. The highest BCUT2D eigenvalue weighted by Crippen LogP contribution is 2.35. The molecule has 2 aromatic carbocycles. The lowest BCUT2D eigenvalue weighted by Crippen LogP contribution is -2.37. The van der Waals surface area contributed by atoms with E-state index in [1.165, 1.54) is 36.4 Å². The number of pyridine rings is 1. The number of anilines is 1. The number of hydrogen-bond donors (Lipinski definition) is 3. The number of rotatable bonds is 4. The molecule has 0 saturated carbocycles. The maximum Gasteiger partial charge on any atom is 0.270 e. The summed E-state index contributed by atoms with van der Waals surface area (Å²) in [5.41, 5.74) is 0.915. The number of aromatic amines is 2. The van der Waals surface area contributed by atoms with Gasteiger partial charge in [-0.25, -0.2) is 17.9 Å². The van der Waals surface area contributed by atoms with Gasteiger partial charge in [0.05, 0.1) is 47.2 Å². The van der Waals surface area contributed by atoms with E-state index in [0.717, 1.165) is 12.1 Å². The summed E-state index contributed by atoms with van der Waals surface area (Å²) in [6.07, 6.45) is 1.40. The van der Waals surface area contributed by atoms with Crippen LogP contribution in [0.2, 0.25) is 0 Å². The molecule has 3 heterocycles. The fraction of sp³-hybridized carbons (Fsp3) is 0.217. The maximum absolute atomic E-state index is 14.1. The van der Waals surface area contributed by atoms with Gasteiger partial charge >= 0.3 is 0 Å². The predicted molar refractivity (Wildman–Crippen MR) is 125 cm³/mol. The van der Waals surface area contributed by atoms with Crippen molar-refractivity contribution in [3.63, 3.8) is 0 Å². The monoisotopic (exact) mass is 504 g/mol. The van der Waals surface area contributed by atoms with Gasteiger partial charge in [-0.1, -0.05) is 0 Å². The number of ether oxygens (including phenoxy) is 1. The highest BCUT2D eigenvalue weighted by atomic mass is 32.2. The molecule has 2 aromatic heterocycles. The van der Waals surface area contributed by atoms with Crippen molar-refractivity contribution in [2.45, 2.75) is 12.6 Å². The van der Waals surface area contributed by atoms with Crippen LogP contribution in [-0.4, -0.2) is 45.2 Å². The molecular weight excluding hydrogens is 485 g/mol. The van der Waals surface area contributed by atoms with E-state index in [-0.39, 0.29) is 35.4 Å². The van der Waals surface area contributed by atoms with Crippen molar-refractivity contribution in [2.24, 2.45) is 0 Å². The third-order valence-electron chi connectivity index (χ3n) is 6.01. The lowest BCUT2D eigenvalue weighted by atomic mass is 9.95. The van der Waals surface area contributed by atoms with Gasteiger partial charge in [0.1, 0.15) is 17.8 Å². The summed E-state index contributed by atoms with van der Waals surface area (Å²) in [6, 6.07) is 4.94. The number of aromatic nitrogens is 2. The number of fused-ring (bicyclic) bond motifs is 4. The summed E-state index contributed by atoms with van der Waals surface area (Å²) < 4.78 is 61.9. The SMILES string of the molecule is CN(C(=O)c1cc2c(N[S+](C)[O-])cc(F)cc2[nH]1)[C@@H]1COCc2[nH]c(=O)c3cc(F)c(F)cc3c21. The standard InChI is InChI=1S/C23H19F3N4O4S/c1-30(23(32)18-7-13-16(27-18)3-10(24)4-17(13)29-35(2)33)20-9-34-8-19-21(20)11-5-14(25)15(26)6-12(11)22(31)28-19/h3-7,20,27,29H,8-9H2,1-2H3,(H,28,31)/t20-,35?/m1/s1. The van der Waals surface area contributed by atoms with Crippen molar-refractivity contribution in [1.29, 1.82) is 0 Å². The van der Waals surface area contributed by atoms with Crippen LogP contribution in [0.3, 0.4) is 0 Å². The van der Waals surface area contributed by atoms with E-state index in [1.807, 2.05) is 0 Å². The van der Waals surface area contributed by atoms with E-state index in [2.05, 4.69) is 14.7 Å². The molecule has 0 bridgehead atoms. The van der Waals surface area contributed by atoms with Crippen LogP contribution in [0.4, 0.5) is 18.9 Å². The Kier molecular flexibility index (Phi) is 5.74. The maximum atomic E-state index is 14.1. The first kappa shape index (κ1) is 23.3. The largest absolute Gasteiger partial charge is 0.593 e. The van der Waals surface area contributed by atoms with Gasteiger partial charge in [0, 0.05) is 29.8 Å². The summed E-state index contributed by atoms with van der Waals surface area (Å²) in [5.74, 6) is -3.35. The fourth-order valence-corrected chi connectivity index (χ4v) is 4.91. The minimum Gasteiger partial charge on any atom is -0.593 e. The highest BCUT2D eigenvalue weighted by Gasteiger charge is 2.32. The molecule has 1 aliphatic rings. The van der Waals surface area contributed by atoms with Crippen molar-refractivity contribution in [3.8, 4) is 0 Å². The lowest BCUT2D eigenvalue weighted by Gasteiger charge is -2.33. The molecular formula is C23H19F3N4O4S.